The number of nitrogens with one attached hydrogen (secondary N) is 1. The summed E-state index contributed by atoms with van der Waals surface area (Å²) in [7, 11) is 0. The topological polar surface area (TPSA) is 51.2 Å². The normalized spacial score (nSPS) is 20.5. The number of amides is 1. The Morgan fingerprint density at radius 3 is 2.47 bits per heavy atom. The van der Waals surface area contributed by atoms with E-state index in [0.717, 1.165) is 28.8 Å². The van der Waals surface area contributed by atoms with Gasteiger partial charge in [-0.05, 0) is 61.2 Å². The maximum Gasteiger partial charge on any atom is 0.416 e. The van der Waals surface area contributed by atoms with Gasteiger partial charge in [0.05, 0.1) is 23.5 Å². The van der Waals surface area contributed by atoms with E-state index < -0.39 is 17.2 Å². The number of halogens is 3. The summed E-state index contributed by atoms with van der Waals surface area (Å²) in [6.45, 7) is 6.24. The second kappa shape index (κ2) is 9.12. The highest BCUT2D eigenvalue weighted by Gasteiger charge is 2.55. The van der Waals surface area contributed by atoms with Crippen LogP contribution in [0.1, 0.15) is 54.3 Å². The summed E-state index contributed by atoms with van der Waals surface area (Å²) in [6.07, 6.45) is -2.14. The van der Waals surface area contributed by atoms with Crippen LogP contribution in [0, 0.1) is 12.8 Å². The molecule has 0 bridgehead atoms. The number of benzene rings is 2. The zero-order chi connectivity index (χ0) is 24.5. The fourth-order valence-electron chi connectivity index (χ4n) is 4.16. The van der Waals surface area contributed by atoms with Gasteiger partial charge in [-0.15, -0.1) is 0 Å². The van der Waals surface area contributed by atoms with Gasteiger partial charge in [0.15, 0.2) is 0 Å². The Morgan fingerprint density at radius 1 is 1.15 bits per heavy atom. The molecular formula is C27H27F3N2O2. The summed E-state index contributed by atoms with van der Waals surface area (Å²) in [5, 5.41) is 2.98. The van der Waals surface area contributed by atoms with Crippen LogP contribution in [0.4, 0.5) is 13.2 Å². The van der Waals surface area contributed by atoms with Crippen LogP contribution in [0.5, 0.6) is 5.75 Å². The second-order valence-corrected chi connectivity index (χ2v) is 9.11. The van der Waals surface area contributed by atoms with Gasteiger partial charge < -0.3 is 10.1 Å². The van der Waals surface area contributed by atoms with E-state index in [9.17, 15) is 18.0 Å². The number of hydrogen-bond donors (Lipinski definition) is 1. The smallest absolute Gasteiger partial charge is 0.416 e. The lowest BCUT2D eigenvalue weighted by atomic mass is 9.94. The lowest BCUT2D eigenvalue weighted by Gasteiger charge is -2.17. The summed E-state index contributed by atoms with van der Waals surface area (Å²) in [4.78, 5) is 17.2. The summed E-state index contributed by atoms with van der Waals surface area (Å²) >= 11 is 0. The molecule has 3 atom stereocenters. The monoisotopic (exact) mass is 468 g/mol. The molecule has 3 aromatic rings. The van der Waals surface area contributed by atoms with Crippen molar-refractivity contribution in [2.24, 2.45) is 5.92 Å². The molecule has 0 spiro atoms. The lowest BCUT2D eigenvalue weighted by molar-refractivity contribution is -0.137. The maximum absolute atomic E-state index is 12.8. The third kappa shape index (κ3) is 5.08. The first-order chi connectivity index (χ1) is 16.1. The van der Waals surface area contributed by atoms with Crippen LogP contribution >= 0.6 is 0 Å². The quantitative estimate of drug-likeness (QED) is 0.453. The van der Waals surface area contributed by atoms with Crippen molar-refractivity contribution in [1.29, 1.82) is 0 Å². The highest BCUT2D eigenvalue weighted by Crippen LogP contribution is 2.54. The average molecular weight is 469 g/mol. The molecule has 1 amide bonds. The lowest BCUT2D eigenvalue weighted by Crippen LogP contribution is -2.30. The second-order valence-electron chi connectivity index (χ2n) is 9.11. The highest BCUT2D eigenvalue weighted by molar-refractivity contribution is 5.84. The van der Waals surface area contributed by atoms with Gasteiger partial charge in [-0.2, -0.15) is 13.2 Å². The summed E-state index contributed by atoms with van der Waals surface area (Å²) < 4.78 is 44.3. The van der Waals surface area contributed by atoms with Gasteiger partial charge in [-0.3, -0.25) is 9.78 Å². The molecule has 0 radical (unpaired) electrons. The van der Waals surface area contributed by atoms with E-state index in [-0.39, 0.29) is 17.9 Å². The molecule has 34 heavy (non-hydrogen) atoms. The van der Waals surface area contributed by atoms with Gasteiger partial charge >= 0.3 is 6.18 Å². The number of aromatic nitrogens is 1. The van der Waals surface area contributed by atoms with Gasteiger partial charge in [-0.25, -0.2) is 0 Å². The fourth-order valence-corrected chi connectivity index (χ4v) is 4.16. The van der Waals surface area contributed by atoms with Crippen molar-refractivity contribution in [3.8, 4) is 5.75 Å². The van der Waals surface area contributed by atoms with Crippen molar-refractivity contribution in [2.75, 3.05) is 0 Å². The summed E-state index contributed by atoms with van der Waals surface area (Å²) in [5.41, 5.74) is 2.55. The third-order valence-electron chi connectivity index (χ3n) is 6.64. The molecule has 1 aromatic heterocycles. The number of carbonyl (C=O) groups is 1. The molecule has 4 nitrogen and oxygen atoms in total. The molecule has 0 saturated heterocycles. The zero-order valence-corrected chi connectivity index (χ0v) is 19.3. The van der Waals surface area contributed by atoms with Crippen LogP contribution in [-0.2, 0) is 23.0 Å². The Kier molecular flexibility index (Phi) is 6.39. The minimum absolute atomic E-state index is 0.128. The molecule has 1 N–H and O–H groups in total. The Balaban J connectivity index is 1.32. The predicted octanol–water partition coefficient (Wildman–Crippen LogP) is 6.14. The van der Waals surface area contributed by atoms with Gasteiger partial charge in [0.1, 0.15) is 12.4 Å². The minimum atomic E-state index is -4.37. The van der Waals surface area contributed by atoms with Crippen LogP contribution < -0.4 is 10.1 Å². The molecule has 1 saturated carbocycles. The van der Waals surface area contributed by atoms with Crippen molar-refractivity contribution in [3.05, 3.63) is 94.8 Å². The molecule has 178 valence electrons. The van der Waals surface area contributed by atoms with E-state index in [2.05, 4.69) is 10.3 Å². The number of pyridine rings is 1. The Labute approximate surface area is 197 Å². The van der Waals surface area contributed by atoms with Crippen LogP contribution in [0.15, 0.2) is 66.9 Å². The average Bonchev–Trinajstić information content (AvgIpc) is 3.51. The zero-order valence-electron chi connectivity index (χ0n) is 19.3. The predicted molar refractivity (Wildman–Crippen MR) is 123 cm³/mol. The Hall–Kier alpha value is -3.35. The molecule has 0 aliphatic heterocycles. The molecule has 1 aliphatic rings. The molecule has 1 heterocycles. The minimum Gasteiger partial charge on any atom is -0.487 e. The molecule has 2 aromatic carbocycles. The molecular weight excluding hydrogens is 441 g/mol. The van der Waals surface area contributed by atoms with E-state index in [4.69, 9.17) is 4.74 Å². The first-order valence-electron chi connectivity index (χ1n) is 11.2. The molecule has 4 rings (SSSR count). The Bertz CT molecular complexity index is 1160. The molecule has 1 fully saturated rings. The largest absolute Gasteiger partial charge is 0.487 e. The van der Waals surface area contributed by atoms with E-state index in [1.165, 1.54) is 12.1 Å². The SMILES string of the molecule is Cc1ccccc1COc1ccc([C@@H](C)NC(=O)C2C[C@]2(C)c2ccc(C(F)(F)F)cc2)nc1. The summed E-state index contributed by atoms with van der Waals surface area (Å²) in [5.74, 6) is 0.225. The number of aryl methyl sites for hydroxylation is 1. The third-order valence-corrected chi connectivity index (χ3v) is 6.64. The van der Waals surface area contributed by atoms with Crippen molar-refractivity contribution in [3.63, 3.8) is 0 Å². The van der Waals surface area contributed by atoms with Crippen LogP contribution in [0.2, 0.25) is 0 Å². The van der Waals surface area contributed by atoms with Crippen molar-refractivity contribution in [1.82, 2.24) is 10.3 Å². The first kappa shape index (κ1) is 23.8. The maximum atomic E-state index is 12.8. The molecule has 1 unspecified atom stereocenters. The van der Waals surface area contributed by atoms with Crippen LogP contribution in [0.25, 0.3) is 0 Å². The van der Waals surface area contributed by atoms with Gasteiger partial charge in [-0.1, -0.05) is 43.3 Å². The van der Waals surface area contributed by atoms with Gasteiger partial charge in [0.2, 0.25) is 5.91 Å². The highest BCUT2D eigenvalue weighted by atomic mass is 19.4. The Morgan fingerprint density at radius 2 is 1.85 bits per heavy atom. The van der Waals surface area contributed by atoms with E-state index in [1.807, 2.05) is 57.2 Å². The van der Waals surface area contributed by atoms with E-state index >= 15 is 0 Å². The fraction of sp³-hybridized carbons (Fsp3) is 0.333. The number of nitrogens with zero attached hydrogens (tertiary/aromatic N) is 1. The van der Waals surface area contributed by atoms with Gasteiger partial charge in [0, 0.05) is 11.3 Å². The first-order valence-corrected chi connectivity index (χ1v) is 11.2. The number of alkyl halides is 3. The van der Waals surface area contributed by atoms with Crippen molar-refractivity contribution < 1.29 is 22.7 Å². The van der Waals surface area contributed by atoms with Crippen molar-refractivity contribution in [2.45, 2.75) is 51.4 Å². The summed E-state index contributed by atoms with van der Waals surface area (Å²) in [6, 6.07) is 16.4. The standard InChI is InChI=1S/C27H27F3N2O2/c1-17-6-4-5-7-19(17)16-34-22-12-13-24(31-15-22)18(2)32-25(33)23-14-26(23,3)20-8-10-21(11-9-20)27(28,29)30/h4-13,15,18,23H,14,16H2,1-3H3,(H,32,33)/t18-,23?,26-/m1/s1. The van der Waals surface area contributed by atoms with Crippen molar-refractivity contribution >= 4 is 5.91 Å². The van der Waals surface area contributed by atoms with E-state index in [1.54, 1.807) is 6.20 Å². The molecule has 7 heteroatoms. The number of hydrogen-bond acceptors (Lipinski definition) is 3. The van der Waals surface area contributed by atoms with Crippen LogP contribution in [0.3, 0.4) is 0 Å². The van der Waals surface area contributed by atoms with Crippen LogP contribution in [-0.4, -0.2) is 10.9 Å². The van der Waals surface area contributed by atoms with E-state index in [0.29, 0.717) is 24.5 Å². The van der Waals surface area contributed by atoms with Gasteiger partial charge in [0.25, 0.3) is 0 Å². The number of ether oxygens (including phenoxy) is 1. The molecule has 1 aliphatic carbocycles. The number of rotatable bonds is 7. The number of carbonyl (C=O) groups excluding carboxylic acids is 1.